The third-order valence-corrected chi connectivity index (χ3v) is 3.95. The van der Waals surface area contributed by atoms with E-state index in [1.807, 2.05) is 25.1 Å². The molecule has 0 radical (unpaired) electrons. The number of methoxy groups -OCH3 is 1. The van der Waals surface area contributed by atoms with Crippen molar-refractivity contribution in [3.8, 4) is 17.2 Å². The molecule has 0 atom stereocenters. The zero-order valence-corrected chi connectivity index (χ0v) is 14.6. The molecule has 0 bridgehead atoms. The van der Waals surface area contributed by atoms with Gasteiger partial charge in [-0.05, 0) is 42.8 Å². The minimum atomic E-state index is -0.461. The highest BCUT2D eigenvalue weighted by atomic mass is 35.5. The van der Waals surface area contributed by atoms with Crippen LogP contribution in [-0.4, -0.2) is 19.9 Å². The second-order valence-corrected chi connectivity index (χ2v) is 5.90. The summed E-state index contributed by atoms with van der Waals surface area (Å²) in [5, 5.41) is 0.438. The topological polar surface area (TPSA) is 54.0 Å². The monoisotopic (exact) mass is 360 g/mol. The van der Waals surface area contributed by atoms with Crippen LogP contribution >= 0.6 is 11.6 Å². The maximum absolute atomic E-state index is 12.0. The van der Waals surface area contributed by atoms with Crippen LogP contribution in [0.4, 0.5) is 0 Å². The summed E-state index contributed by atoms with van der Waals surface area (Å²) in [6.45, 7) is 2.24. The average molecular weight is 361 g/mol. The average Bonchev–Trinajstić information content (AvgIpc) is 3.07. The van der Waals surface area contributed by atoms with Gasteiger partial charge in [-0.2, -0.15) is 0 Å². The lowest BCUT2D eigenvalue weighted by atomic mass is 10.1. The van der Waals surface area contributed by atoms with E-state index in [4.69, 9.17) is 30.5 Å². The van der Waals surface area contributed by atoms with E-state index in [0.717, 1.165) is 16.7 Å². The first-order chi connectivity index (χ1) is 12.1. The van der Waals surface area contributed by atoms with Gasteiger partial charge in [-0.25, -0.2) is 4.79 Å². The summed E-state index contributed by atoms with van der Waals surface area (Å²) in [5.74, 6) is 1.31. The molecule has 0 aromatic heterocycles. The van der Waals surface area contributed by atoms with E-state index in [-0.39, 0.29) is 13.4 Å². The van der Waals surface area contributed by atoms with Gasteiger partial charge in [0.25, 0.3) is 0 Å². The summed E-state index contributed by atoms with van der Waals surface area (Å²) < 4.78 is 21.1. The number of hydrogen-bond donors (Lipinski definition) is 0. The predicted molar refractivity (Wildman–Crippen MR) is 94.1 cm³/mol. The smallest absolute Gasteiger partial charge is 0.331 e. The first kappa shape index (κ1) is 17.2. The van der Waals surface area contributed by atoms with Crippen LogP contribution in [0.2, 0.25) is 5.02 Å². The van der Waals surface area contributed by atoms with E-state index < -0.39 is 5.97 Å². The Kier molecular flexibility index (Phi) is 5.14. The van der Waals surface area contributed by atoms with Gasteiger partial charge in [0.2, 0.25) is 6.79 Å². The van der Waals surface area contributed by atoms with Crippen LogP contribution in [0, 0.1) is 6.92 Å². The van der Waals surface area contributed by atoms with E-state index in [1.54, 1.807) is 25.3 Å². The van der Waals surface area contributed by atoms with Crippen molar-refractivity contribution in [2.45, 2.75) is 13.5 Å². The number of ether oxygens (including phenoxy) is 4. The molecule has 0 unspecified atom stereocenters. The summed E-state index contributed by atoms with van der Waals surface area (Å²) in [5.41, 5.74) is 2.60. The van der Waals surface area contributed by atoms with Crippen LogP contribution in [0.15, 0.2) is 36.4 Å². The summed E-state index contributed by atoms with van der Waals surface area (Å²) in [6, 6.07) is 9.16. The van der Waals surface area contributed by atoms with Crippen molar-refractivity contribution in [3.63, 3.8) is 0 Å². The van der Waals surface area contributed by atoms with Crippen molar-refractivity contribution in [1.29, 1.82) is 0 Å². The van der Waals surface area contributed by atoms with Crippen LogP contribution in [0.25, 0.3) is 6.08 Å². The molecule has 0 N–H and O–H groups in total. The molecule has 0 amide bonds. The van der Waals surface area contributed by atoms with Crippen LogP contribution < -0.4 is 14.2 Å². The lowest BCUT2D eigenvalue weighted by Gasteiger charge is -2.09. The van der Waals surface area contributed by atoms with E-state index in [0.29, 0.717) is 22.3 Å². The highest BCUT2D eigenvalue weighted by molar-refractivity contribution is 6.32. The van der Waals surface area contributed by atoms with Crippen molar-refractivity contribution in [2.75, 3.05) is 13.9 Å². The molecule has 2 aromatic rings. The zero-order chi connectivity index (χ0) is 17.8. The first-order valence-corrected chi connectivity index (χ1v) is 8.02. The second-order valence-electron chi connectivity index (χ2n) is 5.49. The summed E-state index contributed by atoms with van der Waals surface area (Å²) in [4.78, 5) is 12.0. The Labute approximate surface area is 150 Å². The number of esters is 1. The molecule has 1 heterocycles. The number of rotatable bonds is 5. The van der Waals surface area contributed by atoms with Crippen LogP contribution in [0.3, 0.4) is 0 Å². The van der Waals surface area contributed by atoms with Gasteiger partial charge < -0.3 is 18.9 Å². The molecule has 0 saturated carbocycles. The number of halogens is 1. The Bertz CT molecular complexity index is 829. The van der Waals surface area contributed by atoms with Crippen molar-refractivity contribution in [2.24, 2.45) is 0 Å². The summed E-state index contributed by atoms with van der Waals surface area (Å²) >= 11 is 6.11. The van der Waals surface area contributed by atoms with Gasteiger partial charge in [-0.3, -0.25) is 0 Å². The number of carbonyl (C=O) groups excluding carboxylic acids is 1. The molecule has 0 fully saturated rings. The third kappa shape index (κ3) is 4.06. The van der Waals surface area contributed by atoms with Crippen molar-refractivity contribution < 1.29 is 23.7 Å². The van der Waals surface area contributed by atoms with E-state index in [1.165, 1.54) is 6.08 Å². The number of carbonyl (C=O) groups is 1. The molecule has 0 saturated heterocycles. The molecule has 6 heteroatoms. The van der Waals surface area contributed by atoms with E-state index in [2.05, 4.69) is 0 Å². The molecule has 25 heavy (non-hydrogen) atoms. The second kappa shape index (κ2) is 7.49. The number of hydrogen-bond acceptors (Lipinski definition) is 5. The highest BCUT2D eigenvalue weighted by Crippen LogP contribution is 2.40. The van der Waals surface area contributed by atoms with Crippen molar-refractivity contribution >= 4 is 23.6 Å². The molecule has 1 aliphatic rings. The molecule has 0 spiro atoms. The van der Waals surface area contributed by atoms with Gasteiger partial charge in [0.15, 0.2) is 11.5 Å². The molecule has 5 nitrogen and oxygen atoms in total. The molecule has 3 rings (SSSR count). The Morgan fingerprint density at radius 3 is 2.92 bits per heavy atom. The fraction of sp³-hybridized carbons (Fsp3) is 0.211. The van der Waals surface area contributed by atoms with Crippen molar-refractivity contribution in [1.82, 2.24) is 0 Å². The van der Waals surface area contributed by atoms with Gasteiger partial charge in [-0.1, -0.05) is 23.2 Å². The summed E-state index contributed by atoms with van der Waals surface area (Å²) in [6.07, 6.45) is 2.96. The van der Waals surface area contributed by atoms with Gasteiger partial charge in [-0.15, -0.1) is 0 Å². The van der Waals surface area contributed by atoms with Gasteiger partial charge in [0.05, 0.1) is 12.1 Å². The lowest BCUT2D eigenvalue weighted by molar-refractivity contribution is -0.138. The molecule has 130 valence electrons. The minimum Gasteiger partial charge on any atom is -0.496 e. The standard InChI is InChI=1S/C19H17ClO5/c1-12-3-5-16(22-2)14(7-12)10-23-18(21)6-4-13-8-15(20)19-17(9-13)24-11-25-19/h3-9H,10-11H2,1-2H3/b6-4+. The third-order valence-electron chi connectivity index (χ3n) is 3.67. The van der Waals surface area contributed by atoms with E-state index >= 15 is 0 Å². The maximum atomic E-state index is 12.0. The Hall–Kier alpha value is -2.66. The highest BCUT2D eigenvalue weighted by Gasteiger charge is 2.17. The lowest BCUT2D eigenvalue weighted by Crippen LogP contribution is -2.02. The van der Waals surface area contributed by atoms with Crippen LogP contribution in [0.5, 0.6) is 17.2 Å². The first-order valence-electron chi connectivity index (χ1n) is 7.64. The Morgan fingerprint density at radius 2 is 2.12 bits per heavy atom. The number of aryl methyl sites for hydroxylation is 1. The predicted octanol–water partition coefficient (Wildman–Crippen LogP) is 4.14. The minimum absolute atomic E-state index is 0.135. The van der Waals surface area contributed by atoms with Gasteiger partial charge in [0.1, 0.15) is 12.4 Å². The van der Waals surface area contributed by atoms with Crippen LogP contribution in [-0.2, 0) is 16.1 Å². The summed E-state index contributed by atoms with van der Waals surface area (Å²) in [7, 11) is 1.58. The molecule has 2 aromatic carbocycles. The van der Waals surface area contributed by atoms with Crippen LogP contribution in [0.1, 0.15) is 16.7 Å². The zero-order valence-electron chi connectivity index (χ0n) is 13.9. The van der Waals surface area contributed by atoms with Gasteiger partial charge >= 0.3 is 5.97 Å². The quantitative estimate of drug-likeness (QED) is 0.592. The largest absolute Gasteiger partial charge is 0.496 e. The Balaban J connectivity index is 1.64. The molecule has 0 aliphatic carbocycles. The fourth-order valence-electron chi connectivity index (χ4n) is 2.46. The normalized spacial score (nSPS) is 12.4. The number of fused-ring (bicyclic) bond motifs is 1. The SMILES string of the molecule is COc1ccc(C)cc1COC(=O)/C=C/c1cc(Cl)c2c(c1)OCO2. The van der Waals surface area contributed by atoms with E-state index in [9.17, 15) is 4.79 Å². The number of benzene rings is 2. The maximum Gasteiger partial charge on any atom is 0.331 e. The van der Waals surface area contributed by atoms with Crippen molar-refractivity contribution in [3.05, 3.63) is 58.1 Å². The molecule has 1 aliphatic heterocycles. The molecular weight excluding hydrogens is 344 g/mol. The molecular formula is C19H17ClO5. The Morgan fingerprint density at radius 1 is 1.28 bits per heavy atom. The fourth-order valence-corrected chi connectivity index (χ4v) is 2.74. The van der Waals surface area contributed by atoms with Gasteiger partial charge in [0, 0.05) is 11.6 Å².